The molecule has 0 spiro atoms. The molecule has 1 unspecified atom stereocenters. The Labute approximate surface area is 195 Å². The van der Waals surface area contributed by atoms with Gasteiger partial charge in [-0.1, -0.05) is 30.3 Å². The highest BCUT2D eigenvalue weighted by Gasteiger charge is 2.29. The van der Waals surface area contributed by atoms with Crippen LogP contribution in [-0.2, 0) is 11.2 Å². The third-order valence-corrected chi connectivity index (χ3v) is 5.77. The molecule has 1 aliphatic rings. The van der Waals surface area contributed by atoms with Crippen molar-refractivity contribution in [2.45, 2.75) is 19.1 Å². The third-order valence-electron chi connectivity index (χ3n) is 5.77. The van der Waals surface area contributed by atoms with Crippen molar-refractivity contribution in [1.29, 1.82) is 0 Å². The lowest BCUT2D eigenvalue weighted by molar-refractivity contribution is 0.172. The van der Waals surface area contributed by atoms with Crippen LogP contribution >= 0.6 is 0 Å². The summed E-state index contributed by atoms with van der Waals surface area (Å²) in [7, 11) is 7.08. The maximum Gasteiger partial charge on any atom is 0.200 e. The van der Waals surface area contributed by atoms with E-state index in [1.807, 2.05) is 20.2 Å². The molecule has 1 heterocycles. The first-order chi connectivity index (χ1) is 16.0. The molecule has 0 saturated carbocycles. The SMILES string of the molecule is COc1cc(C2NC(CCc3ccccc3)=C(c3ccc(N(C)C)cc3)O2)cc(OC)c1O. The van der Waals surface area contributed by atoms with Crippen LogP contribution in [0.5, 0.6) is 17.2 Å². The van der Waals surface area contributed by atoms with Crippen LogP contribution in [0.15, 0.2) is 72.4 Å². The van der Waals surface area contributed by atoms with E-state index in [1.54, 1.807) is 12.1 Å². The molecule has 6 heteroatoms. The van der Waals surface area contributed by atoms with Crippen LogP contribution in [-0.4, -0.2) is 33.4 Å². The molecule has 6 nitrogen and oxygen atoms in total. The molecular formula is C27H30N2O4. The summed E-state index contributed by atoms with van der Waals surface area (Å²) in [6.45, 7) is 0. The molecule has 2 N–H and O–H groups in total. The van der Waals surface area contributed by atoms with Crippen molar-refractivity contribution in [3.05, 3.63) is 89.1 Å². The molecule has 0 aliphatic carbocycles. The van der Waals surface area contributed by atoms with Gasteiger partial charge in [0.2, 0.25) is 5.75 Å². The second kappa shape index (κ2) is 9.77. The van der Waals surface area contributed by atoms with Crippen LogP contribution in [0.2, 0.25) is 0 Å². The fourth-order valence-electron chi connectivity index (χ4n) is 3.91. The molecule has 3 aromatic rings. The van der Waals surface area contributed by atoms with Gasteiger partial charge in [0.05, 0.1) is 19.9 Å². The lowest BCUT2D eigenvalue weighted by Gasteiger charge is -2.17. The minimum absolute atomic E-state index is 0.0292. The number of benzene rings is 3. The molecular weight excluding hydrogens is 416 g/mol. The van der Waals surface area contributed by atoms with Gasteiger partial charge in [0, 0.05) is 30.9 Å². The first-order valence-electron chi connectivity index (χ1n) is 10.9. The van der Waals surface area contributed by atoms with Gasteiger partial charge in [0.15, 0.2) is 17.7 Å². The van der Waals surface area contributed by atoms with Gasteiger partial charge in [-0.15, -0.1) is 0 Å². The molecule has 0 radical (unpaired) electrons. The van der Waals surface area contributed by atoms with Crippen molar-refractivity contribution < 1.29 is 19.3 Å². The number of methoxy groups -OCH3 is 2. The summed E-state index contributed by atoms with van der Waals surface area (Å²) < 4.78 is 17.1. The monoisotopic (exact) mass is 446 g/mol. The van der Waals surface area contributed by atoms with E-state index >= 15 is 0 Å². The Morgan fingerprint density at radius 3 is 2.12 bits per heavy atom. The fourth-order valence-corrected chi connectivity index (χ4v) is 3.91. The molecule has 172 valence electrons. The standard InChI is InChI=1S/C27H30N2O4/c1-29(2)21-13-11-19(12-14-21)26-22(15-10-18-8-6-5-7-9-18)28-27(33-26)20-16-23(31-3)25(30)24(17-20)32-4/h5-9,11-14,16-17,27-28,30H,10,15H2,1-4H3. The number of hydrogen-bond donors (Lipinski definition) is 2. The van der Waals surface area contributed by atoms with Crippen molar-refractivity contribution in [1.82, 2.24) is 5.32 Å². The van der Waals surface area contributed by atoms with Crippen LogP contribution < -0.4 is 19.7 Å². The molecule has 33 heavy (non-hydrogen) atoms. The quantitative estimate of drug-likeness (QED) is 0.502. The number of hydrogen-bond acceptors (Lipinski definition) is 6. The first kappa shape index (κ1) is 22.4. The highest BCUT2D eigenvalue weighted by Crippen LogP contribution is 2.42. The van der Waals surface area contributed by atoms with Gasteiger partial charge in [-0.2, -0.15) is 0 Å². The highest BCUT2D eigenvalue weighted by atomic mass is 16.5. The van der Waals surface area contributed by atoms with Gasteiger partial charge in [0.1, 0.15) is 5.76 Å². The van der Waals surface area contributed by atoms with Crippen LogP contribution in [0.3, 0.4) is 0 Å². The number of aryl methyl sites for hydroxylation is 1. The number of anilines is 1. The average molecular weight is 447 g/mol. The maximum absolute atomic E-state index is 10.3. The Morgan fingerprint density at radius 1 is 0.909 bits per heavy atom. The van der Waals surface area contributed by atoms with E-state index in [9.17, 15) is 5.11 Å². The van der Waals surface area contributed by atoms with Gasteiger partial charge in [0.25, 0.3) is 0 Å². The van der Waals surface area contributed by atoms with Crippen LogP contribution in [0, 0.1) is 0 Å². The van der Waals surface area contributed by atoms with E-state index in [1.165, 1.54) is 19.8 Å². The molecule has 0 aromatic heterocycles. The minimum Gasteiger partial charge on any atom is -0.502 e. The lowest BCUT2D eigenvalue weighted by atomic mass is 10.1. The number of phenols is 1. The van der Waals surface area contributed by atoms with Crippen molar-refractivity contribution in [2.24, 2.45) is 0 Å². The molecule has 1 atom stereocenters. The number of aromatic hydroxyl groups is 1. The number of phenolic OH excluding ortho intramolecular Hbond substituents is 1. The Morgan fingerprint density at radius 2 is 1.55 bits per heavy atom. The van der Waals surface area contributed by atoms with Gasteiger partial charge in [-0.05, 0) is 54.8 Å². The number of rotatable bonds is 8. The van der Waals surface area contributed by atoms with E-state index in [-0.39, 0.29) is 5.75 Å². The number of ether oxygens (including phenoxy) is 3. The van der Waals surface area contributed by atoms with Gasteiger partial charge in [-0.3, -0.25) is 0 Å². The smallest absolute Gasteiger partial charge is 0.200 e. The summed E-state index contributed by atoms with van der Waals surface area (Å²) in [6.07, 6.45) is 1.26. The van der Waals surface area contributed by atoms with Crippen LogP contribution in [0.1, 0.15) is 29.3 Å². The van der Waals surface area contributed by atoms with Gasteiger partial charge < -0.3 is 29.5 Å². The first-order valence-corrected chi connectivity index (χ1v) is 10.9. The summed E-state index contributed by atoms with van der Waals surface area (Å²) >= 11 is 0. The van der Waals surface area contributed by atoms with Gasteiger partial charge in [-0.25, -0.2) is 0 Å². The van der Waals surface area contributed by atoms with Gasteiger partial charge >= 0.3 is 0 Å². The highest BCUT2D eigenvalue weighted by molar-refractivity contribution is 5.67. The molecule has 3 aromatic carbocycles. The summed E-state index contributed by atoms with van der Waals surface area (Å²) in [4.78, 5) is 2.07. The topological polar surface area (TPSA) is 63.2 Å². The second-order valence-electron chi connectivity index (χ2n) is 8.15. The summed E-state index contributed by atoms with van der Waals surface area (Å²) in [5.41, 5.74) is 5.24. The molecule has 4 rings (SSSR count). The Hall–Kier alpha value is -3.80. The van der Waals surface area contributed by atoms with E-state index in [0.717, 1.165) is 41.1 Å². The molecule has 0 bridgehead atoms. The Kier molecular flexibility index (Phi) is 6.63. The predicted octanol–water partition coefficient (Wildman–Crippen LogP) is 5.10. The number of nitrogens with zero attached hydrogens (tertiary/aromatic N) is 1. The van der Waals surface area contributed by atoms with Crippen molar-refractivity contribution in [3.63, 3.8) is 0 Å². The minimum atomic E-state index is -0.428. The predicted molar refractivity (Wildman–Crippen MR) is 131 cm³/mol. The third kappa shape index (κ3) is 4.85. The summed E-state index contributed by atoms with van der Waals surface area (Å²) in [5, 5.41) is 13.8. The Balaban J connectivity index is 1.65. The maximum atomic E-state index is 10.3. The van der Waals surface area contributed by atoms with E-state index in [2.05, 4.69) is 58.7 Å². The van der Waals surface area contributed by atoms with Crippen LogP contribution in [0.4, 0.5) is 5.69 Å². The molecule has 1 aliphatic heterocycles. The Bertz CT molecular complexity index is 1100. The summed E-state index contributed by atoms with van der Waals surface area (Å²) in [6, 6.07) is 22.3. The lowest BCUT2D eigenvalue weighted by Crippen LogP contribution is -2.16. The zero-order chi connectivity index (χ0) is 23.4. The van der Waals surface area contributed by atoms with Crippen molar-refractivity contribution in [3.8, 4) is 17.2 Å². The van der Waals surface area contributed by atoms with Crippen molar-refractivity contribution >= 4 is 11.4 Å². The number of allylic oxidation sites excluding steroid dienone is 1. The summed E-state index contributed by atoms with van der Waals surface area (Å²) in [5.74, 6) is 1.47. The van der Waals surface area contributed by atoms with E-state index < -0.39 is 6.23 Å². The van der Waals surface area contributed by atoms with E-state index in [0.29, 0.717) is 11.5 Å². The largest absolute Gasteiger partial charge is 0.502 e. The molecule has 0 amide bonds. The second-order valence-corrected chi connectivity index (χ2v) is 8.15. The van der Waals surface area contributed by atoms with Crippen LogP contribution in [0.25, 0.3) is 5.76 Å². The number of nitrogens with one attached hydrogen (secondary N) is 1. The zero-order valence-corrected chi connectivity index (χ0v) is 19.5. The zero-order valence-electron chi connectivity index (χ0n) is 19.5. The van der Waals surface area contributed by atoms with Crippen molar-refractivity contribution in [2.75, 3.05) is 33.2 Å². The van der Waals surface area contributed by atoms with E-state index in [4.69, 9.17) is 14.2 Å². The molecule has 0 saturated heterocycles. The normalized spacial score (nSPS) is 15.1. The molecule has 0 fully saturated rings. The fraction of sp³-hybridized carbons (Fsp3) is 0.259. The average Bonchev–Trinajstić information content (AvgIpc) is 3.28.